The van der Waals surface area contributed by atoms with Gasteiger partial charge < -0.3 is 9.84 Å². The summed E-state index contributed by atoms with van der Waals surface area (Å²) in [4.78, 5) is 10.2. The van der Waals surface area contributed by atoms with Crippen LogP contribution in [0.25, 0.3) is 0 Å². The second kappa shape index (κ2) is 7.05. The van der Waals surface area contributed by atoms with Crippen molar-refractivity contribution in [2.24, 2.45) is 0 Å². The summed E-state index contributed by atoms with van der Waals surface area (Å²) in [5.41, 5.74) is 0. The van der Waals surface area contributed by atoms with E-state index in [0.717, 1.165) is 0 Å². The zero-order chi connectivity index (χ0) is 10.7. The molecule has 0 spiro atoms. The molecule has 0 aliphatic heterocycles. The van der Waals surface area contributed by atoms with Gasteiger partial charge in [-0.1, -0.05) is 34.8 Å². The predicted octanol–water partition coefficient (Wildman–Crippen LogP) is 2.19. The Morgan fingerprint density at radius 1 is 1.27 bits per heavy atom. The van der Waals surface area contributed by atoms with Crippen LogP contribution in [-0.2, 0) is 4.79 Å². The maximum atomic E-state index is 10.2. The average Bonchev–Trinajstić information content (AvgIpc) is 2.13. The zero-order valence-corrected chi connectivity index (χ0v) is 9.03. The van der Waals surface area contributed by atoms with E-state index in [1.165, 1.54) is 12.1 Å². The fourth-order valence-electron chi connectivity index (χ4n) is 0.759. The van der Waals surface area contributed by atoms with Crippen LogP contribution >= 0.6 is 34.8 Å². The third-order valence-electron chi connectivity index (χ3n) is 1.35. The number of aliphatic carboxylic acids is 1. The van der Waals surface area contributed by atoms with E-state index < -0.39 is 12.6 Å². The monoisotopic (exact) mass is 296 g/mol. The summed E-state index contributed by atoms with van der Waals surface area (Å²) >= 11 is 17.1. The quantitative estimate of drug-likeness (QED) is 0.687. The van der Waals surface area contributed by atoms with E-state index in [4.69, 9.17) is 44.6 Å². The van der Waals surface area contributed by atoms with Crippen molar-refractivity contribution in [1.82, 2.24) is 0 Å². The van der Waals surface area contributed by atoms with Crippen molar-refractivity contribution < 1.29 is 14.6 Å². The fourth-order valence-corrected chi connectivity index (χ4v) is 1.34. The molecule has 0 saturated carbocycles. The van der Waals surface area contributed by atoms with E-state index in [2.05, 4.69) is 0 Å². The summed E-state index contributed by atoms with van der Waals surface area (Å²) in [6.07, 6.45) is 0. The van der Waals surface area contributed by atoms with Crippen molar-refractivity contribution in [1.29, 1.82) is 0 Å². The summed E-state index contributed by atoms with van der Waals surface area (Å²) in [7, 11) is 0. The molecule has 0 atom stereocenters. The molecule has 1 N–H and O–H groups in total. The van der Waals surface area contributed by atoms with Gasteiger partial charge in [0.15, 0.2) is 6.61 Å². The number of carboxylic acid groups (broad SMARTS) is 1. The van der Waals surface area contributed by atoms with Crippen molar-refractivity contribution in [3.63, 3.8) is 0 Å². The Bertz CT molecular complexity index is 370. The van der Waals surface area contributed by atoms with E-state index >= 15 is 0 Å². The summed E-state index contributed by atoms with van der Waals surface area (Å²) in [5.74, 6) is -0.893. The van der Waals surface area contributed by atoms with Crippen LogP contribution in [0.3, 0.4) is 0 Å². The molecular weight excluding hydrogens is 291 g/mol. The van der Waals surface area contributed by atoms with Crippen LogP contribution in [-0.4, -0.2) is 55.4 Å². The van der Waals surface area contributed by atoms with Crippen molar-refractivity contribution in [2.75, 3.05) is 6.61 Å². The summed E-state index contributed by atoms with van der Waals surface area (Å²) < 4.78 is 4.86. The average molecular weight is 298 g/mol. The number of carbonyl (C=O) groups is 1. The van der Waals surface area contributed by atoms with Crippen molar-refractivity contribution in [2.45, 2.75) is 0 Å². The van der Waals surface area contributed by atoms with Gasteiger partial charge in [-0.2, -0.15) is 0 Å². The molecule has 3 nitrogen and oxygen atoms in total. The van der Waals surface area contributed by atoms with Crippen LogP contribution < -0.4 is 4.74 Å². The van der Waals surface area contributed by atoms with Gasteiger partial charge >= 0.3 is 43.7 Å². The van der Waals surface area contributed by atoms with Crippen LogP contribution in [0, 0.1) is 0 Å². The van der Waals surface area contributed by atoms with Crippen molar-refractivity contribution in [3.8, 4) is 5.75 Å². The topological polar surface area (TPSA) is 46.5 Å². The first kappa shape index (κ1) is 15.6. The molecule has 0 saturated heterocycles. The van der Waals surface area contributed by atoms with Crippen LogP contribution in [0.4, 0.5) is 0 Å². The Balaban J connectivity index is 0.00000196. The Hall–Kier alpha value is 0.620. The van der Waals surface area contributed by atoms with Gasteiger partial charge in [0.05, 0.1) is 10.0 Å². The number of benzene rings is 1. The molecule has 1 aromatic carbocycles. The predicted molar refractivity (Wildman–Crippen MR) is 63.1 cm³/mol. The first-order valence-electron chi connectivity index (χ1n) is 3.50. The molecule has 0 unspecified atom stereocenters. The van der Waals surface area contributed by atoms with Crippen LogP contribution in [0.1, 0.15) is 0 Å². The number of ether oxygens (including phenoxy) is 1. The first-order valence-corrected chi connectivity index (χ1v) is 4.64. The Labute approximate surface area is 131 Å². The number of halogens is 3. The molecule has 0 fully saturated rings. The minimum atomic E-state index is -1.09. The number of hydrogen-bond acceptors (Lipinski definition) is 2. The SMILES string of the molecule is O=C(O)COc1ccc(Cl)c(Cl)c1Cl.[CaH2]. The van der Waals surface area contributed by atoms with Crippen molar-refractivity contribution >= 4 is 78.5 Å². The zero-order valence-electron chi connectivity index (χ0n) is 6.76. The number of carboxylic acids is 1. The summed E-state index contributed by atoms with van der Waals surface area (Å²) in [6, 6.07) is 2.94. The minimum absolute atomic E-state index is 0. The second-order valence-electron chi connectivity index (χ2n) is 2.36. The normalized spacial score (nSPS) is 9.27. The van der Waals surface area contributed by atoms with Gasteiger partial charge in [0.1, 0.15) is 10.8 Å². The van der Waals surface area contributed by atoms with Gasteiger partial charge in [-0.15, -0.1) is 0 Å². The summed E-state index contributed by atoms with van der Waals surface area (Å²) in [5, 5.41) is 8.91. The van der Waals surface area contributed by atoms with Crippen LogP contribution in [0.2, 0.25) is 15.1 Å². The van der Waals surface area contributed by atoms with Crippen molar-refractivity contribution in [3.05, 3.63) is 27.2 Å². The second-order valence-corrected chi connectivity index (χ2v) is 3.52. The molecule has 0 aliphatic rings. The third kappa shape index (κ3) is 4.55. The van der Waals surface area contributed by atoms with Gasteiger partial charge in [0, 0.05) is 0 Å². The van der Waals surface area contributed by atoms with Crippen LogP contribution in [0.5, 0.6) is 5.75 Å². The van der Waals surface area contributed by atoms with E-state index in [0.29, 0.717) is 5.02 Å². The fraction of sp³-hybridized carbons (Fsp3) is 0.125. The maximum absolute atomic E-state index is 10.2. The van der Waals surface area contributed by atoms with E-state index in [1.807, 2.05) is 0 Å². The molecule has 0 heterocycles. The molecular formula is C8H7CaCl3O3. The molecule has 1 rings (SSSR count). The van der Waals surface area contributed by atoms with Gasteiger partial charge in [-0.05, 0) is 12.1 Å². The van der Waals surface area contributed by atoms with Gasteiger partial charge in [-0.3, -0.25) is 0 Å². The van der Waals surface area contributed by atoms with E-state index in [1.54, 1.807) is 0 Å². The van der Waals surface area contributed by atoms with Gasteiger partial charge in [0.25, 0.3) is 0 Å². The van der Waals surface area contributed by atoms with E-state index in [-0.39, 0.29) is 53.5 Å². The molecule has 7 heteroatoms. The third-order valence-corrected chi connectivity index (χ3v) is 2.63. The number of hydrogen-bond donors (Lipinski definition) is 1. The molecule has 1 aromatic rings. The van der Waals surface area contributed by atoms with Gasteiger partial charge in [0.2, 0.25) is 0 Å². The molecule has 0 amide bonds. The molecule has 0 radical (unpaired) electrons. The van der Waals surface area contributed by atoms with Gasteiger partial charge in [-0.25, -0.2) is 4.79 Å². The summed E-state index contributed by atoms with van der Waals surface area (Å²) in [6.45, 7) is -0.475. The Morgan fingerprint density at radius 2 is 1.87 bits per heavy atom. The standard InChI is InChI=1S/C8H5Cl3O3.Ca.2H/c9-4-1-2-5(8(11)7(4)10)14-3-6(12)13;;;/h1-2H,3H2,(H,12,13);;;. The molecule has 0 aliphatic carbocycles. The first-order chi connectivity index (χ1) is 6.52. The molecule has 15 heavy (non-hydrogen) atoms. The molecule has 0 bridgehead atoms. The van der Waals surface area contributed by atoms with Crippen LogP contribution in [0.15, 0.2) is 12.1 Å². The Kier molecular flexibility index (Phi) is 7.34. The molecule has 0 aromatic heterocycles. The number of rotatable bonds is 3. The van der Waals surface area contributed by atoms with E-state index in [9.17, 15) is 4.79 Å². The Morgan fingerprint density at radius 3 is 2.40 bits per heavy atom. The molecule has 80 valence electrons.